The molecule has 0 aliphatic heterocycles. The number of carbonyl (C=O) groups excluding carboxylic acids is 1. The van der Waals surface area contributed by atoms with Crippen LogP contribution in [0.25, 0.3) is 0 Å². The van der Waals surface area contributed by atoms with Gasteiger partial charge >= 0.3 is 0 Å². The number of carbonyl (C=O) groups is 1. The molecule has 1 heterocycles. The summed E-state index contributed by atoms with van der Waals surface area (Å²) in [6, 6.07) is 18.7. The van der Waals surface area contributed by atoms with Crippen LogP contribution in [0, 0.1) is 0 Å². The zero-order chi connectivity index (χ0) is 17.1. The lowest BCUT2D eigenvalue weighted by Gasteiger charge is -2.20. The van der Waals surface area contributed by atoms with Crippen molar-refractivity contribution in [1.29, 1.82) is 0 Å². The maximum absolute atomic E-state index is 12.6. The Morgan fingerprint density at radius 3 is 2.24 bits per heavy atom. The van der Waals surface area contributed by atoms with Gasteiger partial charge in [0.05, 0.1) is 6.54 Å². The van der Waals surface area contributed by atoms with Gasteiger partial charge in [-0.2, -0.15) is 0 Å². The molecule has 0 fully saturated rings. The second kappa shape index (κ2) is 6.93. The van der Waals surface area contributed by atoms with Crippen LogP contribution in [0.5, 0.6) is 0 Å². The molecule has 0 unspecified atom stereocenters. The topological polar surface area (TPSA) is 55.1 Å². The van der Waals surface area contributed by atoms with Gasteiger partial charge in [-0.25, -0.2) is 0 Å². The summed E-state index contributed by atoms with van der Waals surface area (Å²) in [4.78, 5) is 12.6. The number of aromatic nitrogens is 1. The van der Waals surface area contributed by atoms with Gasteiger partial charge < -0.3 is 9.84 Å². The summed E-state index contributed by atoms with van der Waals surface area (Å²) in [5, 5.41) is 6.79. The zero-order valence-corrected chi connectivity index (χ0v) is 13.9. The van der Waals surface area contributed by atoms with Crippen molar-refractivity contribution in [2.45, 2.75) is 31.7 Å². The van der Waals surface area contributed by atoms with E-state index in [0.717, 1.165) is 18.5 Å². The lowest BCUT2D eigenvalue weighted by atomic mass is 9.85. The van der Waals surface area contributed by atoms with Crippen LogP contribution in [-0.2, 0) is 24.2 Å². The fourth-order valence-electron chi connectivity index (χ4n) is 3.64. The van der Waals surface area contributed by atoms with Gasteiger partial charge in [0.15, 0.2) is 0 Å². The summed E-state index contributed by atoms with van der Waals surface area (Å²) in [7, 11) is 0. The number of rotatable bonds is 4. The van der Waals surface area contributed by atoms with Crippen LogP contribution >= 0.6 is 0 Å². The molecule has 3 aromatic rings. The highest BCUT2D eigenvalue weighted by atomic mass is 16.5. The van der Waals surface area contributed by atoms with E-state index in [1.807, 2.05) is 0 Å². The Morgan fingerprint density at radius 2 is 1.64 bits per heavy atom. The largest absolute Gasteiger partial charge is 0.364 e. The van der Waals surface area contributed by atoms with Crippen molar-refractivity contribution in [2.75, 3.05) is 0 Å². The first kappa shape index (κ1) is 15.6. The summed E-state index contributed by atoms with van der Waals surface area (Å²) < 4.78 is 4.80. The fraction of sp³-hybridized carbons (Fsp3) is 0.238. The van der Waals surface area contributed by atoms with Crippen LogP contribution in [-0.4, -0.2) is 11.1 Å². The van der Waals surface area contributed by atoms with E-state index < -0.39 is 0 Å². The summed E-state index contributed by atoms with van der Waals surface area (Å²) in [6.07, 6.45) is 3.99. The molecule has 2 aromatic carbocycles. The van der Waals surface area contributed by atoms with E-state index >= 15 is 0 Å². The van der Waals surface area contributed by atoms with Crippen LogP contribution in [0.3, 0.4) is 0 Å². The number of aryl methyl sites for hydroxylation is 2. The summed E-state index contributed by atoms with van der Waals surface area (Å²) in [6.45, 7) is 0.394. The molecule has 126 valence electrons. The Kier molecular flexibility index (Phi) is 4.34. The quantitative estimate of drug-likeness (QED) is 0.794. The van der Waals surface area contributed by atoms with E-state index in [1.54, 1.807) is 6.07 Å². The number of nitrogens with zero attached hydrogens (tertiary/aromatic N) is 1. The van der Waals surface area contributed by atoms with Gasteiger partial charge in [0.1, 0.15) is 12.0 Å². The first-order valence-corrected chi connectivity index (χ1v) is 8.63. The van der Waals surface area contributed by atoms with E-state index in [1.165, 1.54) is 28.5 Å². The molecule has 4 heteroatoms. The highest BCUT2D eigenvalue weighted by Gasteiger charge is 2.25. The predicted octanol–water partition coefficient (Wildman–Crippen LogP) is 3.61. The first-order valence-electron chi connectivity index (χ1n) is 8.63. The standard InChI is InChI=1S/C21H20N2O2/c24-21(22-14-17-11-12-25-23-17)13-20-18-7-3-1-5-15(18)9-10-16-6-2-4-8-19(16)20/h1-8,11-12,20H,9-10,13-14H2,(H,22,24). The third kappa shape index (κ3) is 3.33. The molecule has 1 aliphatic carbocycles. The molecule has 25 heavy (non-hydrogen) atoms. The molecule has 0 spiro atoms. The fourth-order valence-corrected chi connectivity index (χ4v) is 3.64. The van der Waals surface area contributed by atoms with Gasteiger partial charge in [0.2, 0.25) is 5.91 Å². The molecule has 4 nitrogen and oxygen atoms in total. The molecular formula is C21H20N2O2. The molecule has 1 amide bonds. The second-order valence-corrected chi connectivity index (χ2v) is 6.42. The van der Waals surface area contributed by atoms with Crippen LogP contribution in [0.4, 0.5) is 0 Å². The molecule has 0 saturated heterocycles. The number of hydrogen-bond acceptors (Lipinski definition) is 3. The number of amides is 1. The van der Waals surface area contributed by atoms with E-state index in [9.17, 15) is 4.79 Å². The van der Waals surface area contributed by atoms with E-state index in [2.05, 4.69) is 59.0 Å². The van der Waals surface area contributed by atoms with Crippen molar-refractivity contribution in [3.8, 4) is 0 Å². The Labute approximate surface area is 146 Å². The number of benzene rings is 2. The molecule has 0 bridgehead atoms. The molecule has 0 atom stereocenters. The summed E-state index contributed by atoms with van der Waals surface area (Å²) >= 11 is 0. The van der Waals surface area contributed by atoms with Crippen molar-refractivity contribution >= 4 is 5.91 Å². The molecule has 1 aromatic heterocycles. The second-order valence-electron chi connectivity index (χ2n) is 6.42. The lowest BCUT2D eigenvalue weighted by molar-refractivity contribution is -0.121. The van der Waals surface area contributed by atoms with Crippen molar-refractivity contribution in [3.05, 3.63) is 88.8 Å². The van der Waals surface area contributed by atoms with Gasteiger partial charge in [-0.1, -0.05) is 53.7 Å². The smallest absolute Gasteiger partial charge is 0.221 e. The Morgan fingerprint density at radius 1 is 1.00 bits per heavy atom. The highest BCUT2D eigenvalue weighted by molar-refractivity contribution is 5.77. The third-order valence-corrected chi connectivity index (χ3v) is 4.87. The zero-order valence-electron chi connectivity index (χ0n) is 13.9. The average Bonchev–Trinajstić information content (AvgIpc) is 3.12. The van der Waals surface area contributed by atoms with Gasteiger partial charge in [0.25, 0.3) is 0 Å². The SMILES string of the molecule is O=C(CC1c2ccccc2CCc2ccccc21)NCc1ccon1. The Balaban J connectivity index is 1.60. The summed E-state index contributed by atoms with van der Waals surface area (Å²) in [5.41, 5.74) is 5.95. The van der Waals surface area contributed by atoms with Gasteiger partial charge in [-0.3, -0.25) is 4.79 Å². The van der Waals surface area contributed by atoms with Crippen LogP contribution in [0.2, 0.25) is 0 Å². The molecule has 4 rings (SSSR count). The van der Waals surface area contributed by atoms with Crippen LogP contribution < -0.4 is 5.32 Å². The van der Waals surface area contributed by atoms with Gasteiger partial charge in [-0.15, -0.1) is 0 Å². The van der Waals surface area contributed by atoms with Crippen molar-refractivity contribution in [3.63, 3.8) is 0 Å². The maximum atomic E-state index is 12.6. The Hall–Kier alpha value is -2.88. The Bertz CT molecular complexity index is 824. The van der Waals surface area contributed by atoms with Crippen LogP contribution in [0.1, 0.15) is 40.3 Å². The van der Waals surface area contributed by atoms with Crippen molar-refractivity contribution < 1.29 is 9.32 Å². The monoisotopic (exact) mass is 332 g/mol. The third-order valence-electron chi connectivity index (χ3n) is 4.87. The van der Waals surface area contributed by atoms with E-state index in [-0.39, 0.29) is 11.8 Å². The van der Waals surface area contributed by atoms with Crippen molar-refractivity contribution in [2.24, 2.45) is 0 Å². The number of hydrogen-bond donors (Lipinski definition) is 1. The molecule has 0 saturated carbocycles. The minimum atomic E-state index is 0.0273. The molecule has 1 aliphatic rings. The van der Waals surface area contributed by atoms with Gasteiger partial charge in [0, 0.05) is 18.4 Å². The maximum Gasteiger partial charge on any atom is 0.221 e. The normalized spacial score (nSPS) is 13.6. The highest BCUT2D eigenvalue weighted by Crippen LogP contribution is 2.36. The minimum Gasteiger partial charge on any atom is -0.364 e. The molecule has 1 N–H and O–H groups in total. The van der Waals surface area contributed by atoms with Crippen molar-refractivity contribution in [1.82, 2.24) is 10.5 Å². The average molecular weight is 332 g/mol. The number of fused-ring (bicyclic) bond motifs is 2. The van der Waals surface area contributed by atoms with Gasteiger partial charge in [-0.05, 0) is 35.1 Å². The van der Waals surface area contributed by atoms with E-state index in [0.29, 0.717) is 13.0 Å². The van der Waals surface area contributed by atoms with E-state index in [4.69, 9.17) is 4.52 Å². The predicted molar refractivity (Wildman–Crippen MR) is 95.1 cm³/mol. The molecular weight excluding hydrogens is 312 g/mol. The molecule has 0 radical (unpaired) electrons. The first-order chi connectivity index (χ1) is 12.3. The number of nitrogens with one attached hydrogen (secondary N) is 1. The lowest BCUT2D eigenvalue weighted by Crippen LogP contribution is -2.25. The minimum absolute atomic E-state index is 0.0273. The summed E-state index contributed by atoms with van der Waals surface area (Å²) in [5.74, 6) is 0.117. The van der Waals surface area contributed by atoms with Crippen LogP contribution in [0.15, 0.2) is 65.4 Å².